The molecule has 0 aromatic rings. The highest BCUT2D eigenvalue weighted by molar-refractivity contribution is 5.01. The number of aliphatic hydroxyl groups is 4. The van der Waals surface area contributed by atoms with Crippen molar-refractivity contribution in [3.05, 3.63) is 0 Å². The molecule has 2 rings (SSSR count). The molecule has 0 amide bonds. The molecule has 2 fully saturated rings. The van der Waals surface area contributed by atoms with Crippen LogP contribution in [-0.4, -0.2) is 68.9 Å². The highest BCUT2D eigenvalue weighted by Gasteiger charge is 2.47. The first-order valence-corrected chi connectivity index (χ1v) is 4.57. The zero-order valence-corrected chi connectivity index (χ0v) is 7.24. The minimum absolute atomic E-state index is 0.333. The van der Waals surface area contributed by atoms with Crippen LogP contribution in [0.3, 0.4) is 0 Å². The molecule has 2 saturated heterocycles. The van der Waals surface area contributed by atoms with Crippen molar-refractivity contribution in [3.63, 3.8) is 0 Å². The van der Waals surface area contributed by atoms with Crippen molar-refractivity contribution in [2.75, 3.05) is 13.1 Å². The van der Waals surface area contributed by atoms with E-state index in [1.165, 1.54) is 0 Å². The van der Waals surface area contributed by atoms with Gasteiger partial charge in [0.1, 0.15) is 12.2 Å². The highest BCUT2D eigenvalue weighted by atomic mass is 16.4. The number of hydrogen-bond donors (Lipinski definition) is 4. The summed E-state index contributed by atoms with van der Waals surface area (Å²) in [4.78, 5) is 1.83. The molecule has 0 bridgehead atoms. The molecule has 2 aliphatic heterocycles. The summed E-state index contributed by atoms with van der Waals surface area (Å²) in [6.07, 6.45) is -3.06. The monoisotopic (exact) mass is 189 g/mol. The van der Waals surface area contributed by atoms with E-state index < -0.39 is 30.5 Å². The fourth-order valence-corrected chi connectivity index (χ4v) is 2.30. The average molecular weight is 189 g/mol. The maximum absolute atomic E-state index is 9.58. The zero-order chi connectivity index (χ0) is 9.59. The Labute approximate surface area is 76.2 Å². The Bertz CT molecular complexity index is 201. The predicted octanol–water partition coefficient (Wildman–Crippen LogP) is -2.48. The van der Waals surface area contributed by atoms with Crippen LogP contribution in [-0.2, 0) is 0 Å². The molecule has 0 unspecified atom stereocenters. The van der Waals surface area contributed by atoms with E-state index in [-0.39, 0.29) is 0 Å². The van der Waals surface area contributed by atoms with Crippen LogP contribution in [0, 0.1) is 0 Å². The van der Waals surface area contributed by atoms with E-state index in [0.717, 1.165) is 0 Å². The van der Waals surface area contributed by atoms with Crippen molar-refractivity contribution in [1.29, 1.82) is 0 Å². The lowest BCUT2D eigenvalue weighted by atomic mass is 9.93. The van der Waals surface area contributed by atoms with Gasteiger partial charge in [-0.2, -0.15) is 0 Å². The second kappa shape index (κ2) is 3.18. The lowest BCUT2D eigenvalue weighted by molar-refractivity contribution is -0.140. The normalized spacial score (nSPS) is 52.2. The lowest BCUT2D eigenvalue weighted by Crippen LogP contribution is -2.61. The molecule has 13 heavy (non-hydrogen) atoms. The fraction of sp³-hybridized carbons (Fsp3) is 1.00. The topological polar surface area (TPSA) is 84.2 Å². The maximum atomic E-state index is 9.58. The molecule has 0 radical (unpaired) electrons. The Morgan fingerprint density at radius 2 is 1.62 bits per heavy atom. The molecule has 4 N–H and O–H groups in total. The molecule has 0 spiro atoms. The minimum Gasteiger partial charge on any atom is -0.391 e. The van der Waals surface area contributed by atoms with Crippen LogP contribution in [0.25, 0.3) is 0 Å². The maximum Gasteiger partial charge on any atom is 0.109 e. The molecule has 2 aliphatic rings. The van der Waals surface area contributed by atoms with E-state index in [4.69, 9.17) is 0 Å². The summed E-state index contributed by atoms with van der Waals surface area (Å²) in [5.41, 5.74) is 0. The predicted molar refractivity (Wildman–Crippen MR) is 44.0 cm³/mol. The smallest absolute Gasteiger partial charge is 0.109 e. The van der Waals surface area contributed by atoms with Crippen molar-refractivity contribution in [2.24, 2.45) is 0 Å². The molecule has 0 saturated carbocycles. The van der Waals surface area contributed by atoms with Crippen molar-refractivity contribution in [3.8, 4) is 0 Å². The summed E-state index contributed by atoms with van der Waals surface area (Å²) in [6.45, 7) is 1.01. The molecular weight excluding hydrogens is 174 g/mol. The van der Waals surface area contributed by atoms with Crippen LogP contribution in [0.15, 0.2) is 0 Å². The standard InChI is InChI=1S/C8H15NO4/c10-4-1-2-9-3-5(11)7(12)8(13)6(4)9/h4-8,10-13H,1-3H2/t4-,5-,6+,7-,8-/m1/s1. The first kappa shape index (κ1) is 9.36. The van der Waals surface area contributed by atoms with Gasteiger partial charge in [0.2, 0.25) is 0 Å². The third-order valence-corrected chi connectivity index (χ3v) is 3.04. The van der Waals surface area contributed by atoms with Crippen LogP contribution in [0.1, 0.15) is 6.42 Å². The van der Waals surface area contributed by atoms with Gasteiger partial charge in [-0.1, -0.05) is 0 Å². The van der Waals surface area contributed by atoms with Crippen LogP contribution in [0.5, 0.6) is 0 Å². The summed E-state index contributed by atoms with van der Waals surface area (Å²) < 4.78 is 0. The Morgan fingerprint density at radius 3 is 2.31 bits per heavy atom. The largest absolute Gasteiger partial charge is 0.391 e. The molecule has 5 atom stereocenters. The van der Waals surface area contributed by atoms with E-state index >= 15 is 0 Å². The van der Waals surface area contributed by atoms with Crippen LogP contribution in [0.4, 0.5) is 0 Å². The zero-order valence-electron chi connectivity index (χ0n) is 7.24. The summed E-state index contributed by atoms with van der Waals surface area (Å²) in [6, 6.07) is -0.404. The van der Waals surface area contributed by atoms with Gasteiger partial charge in [-0.15, -0.1) is 0 Å². The van der Waals surface area contributed by atoms with E-state index in [1.807, 2.05) is 4.90 Å². The van der Waals surface area contributed by atoms with E-state index in [2.05, 4.69) is 0 Å². The van der Waals surface area contributed by atoms with Crippen LogP contribution in [0.2, 0.25) is 0 Å². The summed E-state index contributed by atoms with van der Waals surface area (Å²) in [5, 5.41) is 37.8. The highest BCUT2D eigenvalue weighted by Crippen LogP contribution is 2.27. The van der Waals surface area contributed by atoms with Gasteiger partial charge >= 0.3 is 0 Å². The summed E-state index contributed by atoms with van der Waals surface area (Å²) >= 11 is 0. The summed E-state index contributed by atoms with van der Waals surface area (Å²) in [7, 11) is 0. The second-order valence-electron chi connectivity index (χ2n) is 3.89. The molecular formula is C8H15NO4. The van der Waals surface area contributed by atoms with Crippen molar-refractivity contribution in [1.82, 2.24) is 4.90 Å². The van der Waals surface area contributed by atoms with E-state index in [1.54, 1.807) is 0 Å². The van der Waals surface area contributed by atoms with Gasteiger partial charge in [-0.3, -0.25) is 4.90 Å². The number of rotatable bonds is 0. The average Bonchev–Trinajstić information content (AvgIpc) is 2.43. The summed E-state index contributed by atoms with van der Waals surface area (Å²) in [5.74, 6) is 0. The van der Waals surface area contributed by atoms with Crippen LogP contribution >= 0.6 is 0 Å². The molecule has 0 aromatic carbocycles. The first-order valence-electron chi connectivity index (χ1n) is 4.57. The number of hydrogen-bond acceptors (Lipinski definition) is 5. The molecule has 0 aliphatic carbocycles. The SMILES string of the molecule is O[C@H]1[C@H](O)[C@H](O)CN2CC[C@@H](O)[C@@H]12. The first-order chi connectivity index (χ1) is 6.11. The molecule has 76 valence electrons. The number of nitrogens with zero attached hydrogens (tertiary/aromatic N) is 1. The van der Waals surface area contributed by atoms with Crippen LogP contribution < -0.4 is 0 Å². The van der Waals surface area contributed by atoms with Gasteiger partial charge in [-0.25, -0.2) is 0 Å². The van der Waals surface area contributed by atoms with Crippen molar-refractivity contribution in [2.45, 2.75) is 36.9 Å². The van der Waals surface area contributed by atoms with Gasteiger partial charge in [0.25, 0.3) is 0 Å². The van der Waals surface area contributed by atoms with Gasteiger partial charge in [0, 0.05) is 13.1 Å². The van der Waals surface area contributed by atoms with Crippen molar-refractivity contribution < 1.29 is 20.4 Å². The minimum atomic E-state index is -1.13. The third-order valence-electron chi connectivity index (χ3n) is 3.04. The fourth-order valence-electron chi connectivity index (χ4n) is 2.30. The van der Waals surface area contributed by atoms with Gasteiger partial charge in [0.15, 0.2) is 0 Å². The Balaban J connectivity index is 2.15. The molecule has 5 nitrogen and oxygen atoms in total. The Morgan fingerprint density at radius 1 is 0.923 bits per heavy atom. The quantitative estimate of drug-likeness (QED) is 0.339. The van der Waals surface area contributed by atoms with E-state index in [9.17, 15) is 20.4 Å². The van der Waals surface area contributed by atoms with Gasteiger partial charge in [0.05, 0.1) is 18.2 Å². The number of piperidine rings is 1. The van der Waals surface area contributed by atoms with Gasteiger partial charge < -0.3 is 20.4 Å². The molecule has 5 heteroatoms. The second-order valence-corrected chi connectivity index (χ2v) is 3.89. The van der Waals surface area contributed by atoms with Gasteiger partial charge in [-0.05, 0) is 6.42 Å². The third kappa shape index (κ3) is 1.37. The number of aliphatic hydroxyl groups excluding tert-OH is 4. The lowest BCUT2D eigenvalue weighted by Gasteiger charge is -2.40. The Kier molecular flexibility index (Phi) is 2.29. The molecule has 2 heterocycles. The van der Waals surface area contributed by atoms with E-state index in [0.29, 0.717) is 19.5 Å². The number of fused-ring (bicyclic) bond motifs is 1. The Hall–Kier alpha value is -0.200. The van der Waals surface area contributed by atoms with Crippen molar-refractivity contribution >= 4 is 0 Å². The molecule has 0 aromatic heterocycles.